The molecule has 0 spiro atoms. The summed E-state index contributed by atoms with van der Waals surface area (Å²) in [7, 11) is -3.14. The van der Waals surface area contributed by atoms with E-state index in [9.17, 15) is 8.42 Å². The Morgan fingerprint density at radius 3 is 2.65 bits per heavy atom. The van der Waals surface area contributed by atoms with Crippen molar-refractivity contribution in [2.24, 2.45) is 5.92 Å². The van der Waals surface area contributed by atoms with Gasteiger partial charge in [0, 0.05) is 4.47 Å². The number of hydrogen-bond donors (Lipinski definition) is 1. The molecule has 1 aromatic carbocycles. The highest BCUT2D eigenvalue weighted by atomic mass is 79.9. The van der Waals surface area contributed by atoms with Crippen LogP contribution in [0.3, 0.4) is 0 Å². The van der Waals surface area contributed by atoms with Crippen molar-refractivity contribution < 1.29 is 8.42 Å². The fourth-order valence-corrected chi connectivity index (χ4v) is 4.40. The Balaban J connectivity index is 2.13. The van der Waals surface area contributed by atoms with Crippen LogP contribution in [-0.2, 0) is 9.84 Å². The molecule has 1 saturated heterocycles. The average Bonchev–Trinajstić information content (AvgIpc) is 2.30. The molecule has 5 heteroatoms. The van der Waals surface area contributed by atoms with Crippen LogP contribution in [0.5, 0.6) is 0 Å². The highest BCUT2D eigenvalue weighted by Gasteiger charge is 2.22. The van der Waals surface area contributed by atoms with E-state index in [2.05, 4.69) is 21.2 Å². The lowest BCUT2D eigenvalue weighted by Gasteiger charge is -2.22. The number of sulfone groups is 1. The molecule has 1 heterocycles. The average molecular weight is 318 g/mol. The molecule has 3 nitrogen and oxygen atoms in total. The van der Waals surface area contributed by atoms with Crippen molar-refractivity contribution in [3.8, 4) is 0 Å². The number of benzene rings is 1. The number of hydrogen-bond acceptors (Lipinski definition) is 3. The number of nitrogens with one attached hydrogen (secondary N) is 1. The standard InChI is InChI=1S/C12H16BrNO2S/c13-11-2-1-3-12(8-11)17(15,16)9-10-4-6-14-7-5-10/h1-3,8,10,14H,4-7,9H2. The predicted octanol–water partition coefficient (Wildman–Crippen LogP) is 2.22. The lowest BCUT2D eigenvalue weighted by atomic mass is 10.0. The van der Waals surface area contributed by atoms with Crippen LogP contribution in [-0.4, -0.2) is 27.3 Å². The van der Waals surface area contributed by atoms with Gasteiger partial charge in [0.15, 0.2) is 9.84 Å². The van der Waals surface area contributed by atoms with Crippen LogP contribution >= 0.6 is 15.9 Å². The molecule has 0 amide bonds. The molecule has 94 valence electrons. The molecule has 0 unspecified atom stereocenters. The van der Waals surface area contributed by atoms with Gasteiger partial charge in [-0.05, 0) is 50.0 Å². The first-order valence-electron chi connectivity index (χ1n) is 5.77. The largest absolute Gasteiger partial charge is 0.317 e. The summed E-state index contributed by atoms with van der Waals surface area (Å²) in [6.07, 6.45) is 1.90. The third-order valence-corrected chi connectivity index (χ3v) is 5.44. The van der Waals surface area contributed by atoms with Crippen LogP contribution in [0.1, 0.15) is 12.8 Å². The molecule has 1 aliphatic rings. The molecule has 0 aromatic heterocycles. The molecule has 0 radical (unpaired) electrons. The van der Waals surface area contributed by atoms with Gasteiger partial charge < -0.3 is 5.32 Å². The summed E-state index contributed by atoms with van der Waals surface area (Å²) in [5, 5.41) is 3.25. The van der Waals surface area contributed by atoms with Crippen LogP contribution in [0.15, 0.2) is 33.6 Å². The maximum absolute atomic E-state index is 12.2. The van der Waals surface area contributed by atoms with Crippen molar-refractivity contribution in [1.29, 1.82) is 0 Å². The van der Waals surface area contributed by atoms with E-state index < -0.39 is 9.84 Å². The van der Waals surface area contributed by atoms with Crippen LogP contribution in [0, 0.1) is 5.92 Å². The van der Waals surface area contributed by atoms with Gasteiger partial charge in [-0.3, -0.25) is 0 Å². The highest BCUT2D eigenvalue weighted by Crippen LogP contribution is 2.22. The van der Waals surface area contributed by atoms with Crippen LogP contribution in [0.25, 0.3) is 0 Å². The van der Waals surface area contributed by atoms with Crippen molar-refractivity contribution in [3.05, 3.63) is 28.7 Å². The topological polar surface area (TPSA) is 46.2 Å². The van der Waals surface area contributed by atoms with Gasteiger partial charge >= 0.3 is 0 Å². The van der Waals surface area contributed by atoms with Gasteiger partial charge in [0.1, 0.15) is 0 Å². The maximum Gasteiger partial charge on any atom is 0.178 e. The van der Waals surface area contributed by atoms with Crippen molar-refractivity contribution in [1.82, 2.24) is 5.32 Å². The molecule has 2 rings (SSSR count). The van der Waals surface area contributed by atoms with Crippen molar-refractivity contribution in [2.45, 2.75) is 17.7 Å². The Hall–Kier alpha value is -0.390. The first-order valence-corrected chi connectivity index (χ1v) is 8.21. The summed E-state index contributed by atoms with van der Waals surface area (Å²) in [4.78, 5) is 0.422. The smallest absolute Gasteiger partial charge is 0.178 e. The zero-order valence-electron chi connectivity index (χ0n) is 9.52. The van der Waals surface area contributed by atoms with Gasteiger partial charge in [0.2, 0.25) is 0 Å². The second-order valence-corrected chi connectivity index (χ2v) is 7.38. The van der Waals surface area contributed by atoms with Crippen molar-refractivity contribution in [2.75, 3.05) is 18.8 Å². The molecular formula is C12H16BrNO2S. The SMILES string of the molecule is O=S(=O)(CC1CCNCC1)c1cccc(Br)c1. The minimum atomic E-state index is -3.14. The molecular weight excluding hydrogens is 302 g/mol. The first-order chi connectivity index (χ1) is 8.08. The molecule has 0 saturated carbocycles. The van der Waals surface area contributed by atoms with Gasteiger partial charge in [0.05, 0.1) is 10.6 Å². The fourth-order valence-electron chi connectivity index (χ4n) is 2.12. The van der Waals surface area contributed by atoms with E-state index in [-0.39, 0.29) is 5.75 Å². The third kappa shape index (κ3) is 3.53. The maximum atomic E-state index is 12.2. The second kappa shape index (κ2) is 5.50. The number of piperidine rings is 1. The Morgan fingerprint density at radius 2 is 2.00 bits per heavy atom. The van der Waals surface area contributed by atoms with E-state index in [1.807, 2.05) is 6.07 Å². The van der Waals surface area contributed by atoms with E-state index in [0.717, 1.165) is 30.4 Å². The molecule has 17 heavy (non-hydrogen) atoms. The van der Waals surface area contributed by atoms with E-state index >= 15 is 0 Å². The molecule has 1 aliphatic heterocycles. The Morgan fingerprint density at radius 1 is 1.29 bits per heavy atom. The summed E-state index contributed by atoms with van der Waals surface area (Å²) >= 11 is 3.31. The zero-order chi connectivity index (χ0) is 12.3. The zero-order valence-corrected chi connectivity index (χ0v) is 11.9. The van der Waals surface area contributed by atoms with E-state index in [4.69, 9.17) is 0 Å². The van der Waals surface area contributed by atoms with Crippen molar-refractivity contribution in [3.63, 3.8) is 0 Å². The van der Waals surface area contributed by atoms with E-state index in [0.29, 0.717) is 10.8 Å². The van der Waals surface area contributed by atoms with Crippen LogP contribution in [0.2, 0.25) is 0 Å². The molecule has 0 atom stereocenters. The number of rotatable bonds is 3. The number of halogens is 1. The van der Waals surface area contributed by atoms with E-state index in [1.54, 1.807) is 18.2 Å². The van der Waals surface area contributed by atoms with Gasteiger partial charge in [-0.15, -0.1) is 0 Å². The minimum Gasteiger partial charge on any atom is -0.317 e. The Kier molecular flexibility index (Phi) is 4.22. The third-order valence-electron chi connectivity index (χ3n) is 3.07. The highest BCUT2D eigenvalue weighted by molar-refractivity contribution is 9.10. The lowest BCUT2D eigenvalue weighted by molar-refractivity contribution is 0.401. The Labute approximate surface area is 111 Å². The Bertz CT molecular complexity index is 481. The molecule has 1 fully saturated rings. The molecule has 0 aliphatic carbocycles. The quantitative estimate of drug-likeness (QED) is 0.929. The summed E-state index contributed by atoms with van der Waals surface area (Å²) < 4.78 is 25.2. The lowest BCUT2D eigenvalue weighted by Crippen LogP contribution is -2.31. The first kappa shape index (κ1) is 13.1. The normalized spacial score (nSPS) is 18.2. The van der Waals surface area contributed by atoms with Crippen molar-refractivity contribution >= 4 is 25.8 Å². The summed E-state index contributed by atoms with van der Waals surface area (Å²) in [6, 6.07) is 6.94. The summed E-state index contributed by atoms with van der Waals surface area (Å²) in [5.74, 6) is 0.561. The van der Waals surface area contributed by atoms with Gasteiger partial charge in [-0.25, -0.2) is 8.42 Å². The fraction of sp³-hybridized carbons (Fsp3) is 0.500. The monoisotopic (exact) mass is 317 g/mol. The summed E-state index contributed by atoms with van der Waals surface area (Å²) in [6.45, 7) is 1.86. The molecule has 0 bridgehead atoms. The molecule has 1 aromatic rings. The second-order valence-electron chi connectivity index (χ2n) is 4.43. The van der Waals surface area contributed by atoms with E-state index in [1.165, 1.54) is 0 Å². The summed E-state index contributed by atoms with van der Waals surface area (Å²) in [5.41, 5.74) is 0. The minimum absolute atomic E-state index is 0.269. The van der Waals surface area contributed by atoms with Gasteiger partial charge in [-0.2, -0.15) is 0 Å². The predicted molar refractivity (Wildman–Crippen MR) is 71.8 cm³/mol. The van der Waals surface area contributed by atoms with Gasteiger partial charge in [0.25, 0.3) is 0 Å². The molecule has 1 N–H and O–H groups in total. The van der Waals surface area contributed by atoms with Crippen LogP contribution < -0.4 is 5.32 Å². The van der Waals surface area contributed by atoms with Gasteiger partial charge in [-0.1, -0.05) is 22.0 Å². The van der Waals surface area contributed by atoms with Crippen LogP contribution in [0.4, 0.5) is 0 Å².